The first-order chi connectivity index (χ1) is 24.6. The third kappa shape index (κ3) is 20.0. The van der Waals surface area contributed by atoms with E-state index in [1.807, 2.05) is 0 Å². The summed E-state index contributed by atoms with van der Waals surface area (Å²) in [5.74, 6) is 0. The first-order valence-electron chi connectivity index (χ1n) is 22.5. The number of rotatable bonds is 36. The molecule has 0 saturated carbocycles. The summed E-state index contributed by atoms with van der Waals surface area (Å²) in [7, 11) is 0. The van der Waals surface area contributed by atoms with Gasteiger partial charge in [-0.15, -0.1) is 0 Å². The van der Waals surface area contributed by atoms with Crippen LogP contribution in [-0.4, -0.2) is 12.3 Å². The first kappa shape index (κ1) is 45.5. The molecule has 50 heavy (non-hydrogen) atoms. The van der Waals surface area contributed by atoms with Crippen molar-refractivity contribution >= 4 is 31.4 Å². The number of benzene rings is 2. The fraction of sp³-hybridized carbons (Fsp3) is 0.750. The van der Waals surface area contributed by atoms with Crippen molar-refractivity contribution in [2.24, 2.45) is 0 Å². The summed E-state index contributed by atoms with van der Waals surface area (Å²) in [6, 6.07) is 23.3. The number of halogens is 1. The molecule has 0 N–H and O–H groups in total. The van der Waals surface area contributed by atoms with Gasteiger partial charge in [-0.1, -0.05) is 78.1 Å². The van der Waals surface area contributed by atoms with Crippen LogP contribution in [-0.2, 0) is 0 Å². The van der Waals surface area contributed by atoms with Crippen LogP contribution in [0, 0.1) is 0 Å². The molecule has 0 amide bonds. The Bertz CT molecular complexity index is 908. The monoisotopic (exact) mass is 771 g/mol. The molecule has 288 valence electrons. The van der Waals surface area contributed by atoms with E-state index in [-0.39, 0.29) is 0 Å². The van der Waals surface area contributed by atoms with E-state index in [2.05, 4.69) is 74.5 Å². The van der Waals surface area contributed by atoms with Crippen molar-refractivity contribution in [3.8, 4) is 0 Å². The quantitative estimate of drug-likeness (QED) is 0.0478. The van der Waals surface area contributed by atoms with Crippen LogP contribution in [0.5, 0.6) is 0 Å². The van der Waals surface area contributed by atoms with Crippen LogP contribution < -0.4 is 10.6 Å². The zero-order valence-corrected chi connectivity index (χ0v) is 36.1. The second-order valence-corrected chi connectivity index (χ2v) is 25.9. The molecule has 2 aromatic rings. The second-order valence-electron chi connectivity index (χ2n) is 16.1. The fourth-order valence-corrected chi connectivity index (χ4v) is 16.3. The molecule has 0 spiro atoms. The van der Waals surface area contributed by atoms with Gasteiger partial charge in [-0.25, -0.2) is 0 Å². The zero-order chi connectivity index (χ0) is 35.7. The molecule has 0 nitrogen and oxygen atoms in total. The maximum atomic E-state index is 4.73. The minimum atomic E-state index is -2.46. The van der Waals surface area contributed by atoms with E-state index < -0.39 is 5.31 Å². The van der Waals surface area contributed by atoms with Gasteiger partial charge in [0.05, 0.1) is 0 Å². The van der Waals surface area contributed by atoms with E-state index in [0.717, 1.165) is 0 Å². The summed E-state index contributed by atoms with van der Waals surface area (Å²) in [5, 5.41) is 0.690. The fourth-order valence-electron chi connectivity index (χ4n) is 8.30. The molecule has 0 saturated heterocycles. The van der Waals surface area contributed by atoms with Crippen molar-refractivity contribution in [3.63, 3.8) is 0 Å². The van der Waals surface area contributed by atoms with Crippen molar-refractivity contribution < 1.29 is 0 Å². The molecular formula is C48H84BrP. The molecule has 2 rings (SSSR count). The molecule has 0 unspecified atom stereocenters. The molecular weight excluding hydrogens is 687 g/mol. The van der Waals surface area contributed by atoms with Crippen LogP contribution in [0.15, 0.2) is 60.7 Å². The zero-order valence-electron chi connectivity index (χ0n) is 33.6. The van der Waals surface area contributed by atoms with Crippen LogP contribution in [0.1, 0.15) is 219 Å². The van der Waals surface area contributed by atoms with E-state index in [4.69, 9.17) is 15.5 Å². The number of hydrogen-bond acceptors (Lipinski definition) is 0. The summed E-state index contributed by atoms with van der Waals surface area (Å²) in [4.78, 5) is 0. The summed E-state index contributed by atoms with van der Waals surface area (Å²) in [6.45, 7) is 4.62. The molecule has 0 atom stereocenters. The Kier molecular flexibility index (Phi) is 28.0. The van der Waals surface area contributed by atoms with Crippen molar-refractivity contribution in [1.29, 1.82) is 0 Å². The van der Waals surface area contributed by atoms with Crippen LogP contribution >= 0.6 is 20.8 Å². The van der Waals surface area contributed by atoms with Gasteiger partial charge in [-0.3, -0.25) is 0 Å². The predicted octanol–water partition coefficient (Wildman–Crippen LogP) is 17.0. The summed E-state index contributed by atoms with van der Waals surface area (Å²) in [5.41, 5.74) is 0. The SMILES string of the molecule is CCCCCCCCCCCCCCCCCCP(Br)(CCCCCCCCCCCCCCCCCC)(c1ccccc1)c1ccccc1. The number of hydrogen-bond donors (Lipinski definition) is 0. The molecule has 2 heteroatoms. The van der Waals surface area contributed by atoms with Gasteiger partial charge in [0.15, 0.2) is 0 Å². The van der Waals surface area contributed by atoms with Crippen LogP contribution in [0.3, 0.4) is 0 Å². The van der Waals surface area contributed by atoms with Gasteiger partial charge < -0.3 is 0 Å². The van der Waals surface area contributed by atoms with E-state index in [1.165, 1.54) is 218 Å². The van der Waals surface area contributed by atoms with Gasteiger partial charge in [-0.2, -0.15) is 0 Å². The van der Waals surface area contributed by atoms with Gasteiger partial charge in [0.1, 0.15) is 0 Å². The van der Waals surface area contributed by atoms with Gasteiger partial charge in [-0.05, 0) is 0 Å². The van der Waals surface area contributed by atoms with Gasteiger partial charge in [0.2, 0.25) is 0 Å². The second kappa shape index (κ2) is 30.8. The summed E-state index contributed by atoms with van der Waals surface area (Å²) in [6.07, 6.45) is 48.4. The standard InChI is InChI=1S/C48H84BrP/c1-3-5-7-9-11-13-15-17-19-21-23-25-27-29-31-39-45-50(49,47-41-35-33-36-42-47,48-43-37-34-38-44-48)46-40-32-30-28-26-24-22-20-18-16-14-12-10-8-6-4-2/h33-38,41-44H,3-32,39-40,45-46H2,1-2H3. The third-order valence-electron chi connectivity index (χ3n) is 11.7. The predicted molar refractivity (Wildman–Crippen MR) is 237 cm³/mol. The molecule has 0 radical (unpaired) electrons. The van der Waals surface area contributed by atoms with Gasteiger partial charge in [0.25, 0.3) is 0 Å². The molecule has 0 aliphatic heterocycles. The maximum absolute atomic E-state index is 4.73. The Morgan fingerprint density at radius 2 is 0.500 bits per heavy atom. The van der Waals surface area contributed by atoms with E-state index in [9.17, 15) is 0 Å². The van der Waals surface area contributed by atoms with E-state index >= 15 is 0 Å². The van der Waals surface area contributed by atoms with E-state index in [1.54, 1.807) is 10.6 Å². The molecule has 0 bridgehead atoms. The van der Waals surface area contributed by atoms with Crippen LogP contribution in [0.4, 0.5) is 0 Å². The minimum absolute atomic E-state index is 1.30. The number of unbranched alkanes of at least 4 members (excludes halogenated alkanes) is 30. The topological polar surface area (TPSA) is 0 Å². The Balaban J connectivity index is 1.70. The Morgan fingerprint density at radius 3 is 0.720 bits per heavy atom. The Labute approximate surface area is 322 Å². The Morgan fingerprint density at radius 1 is 0.300 bits per heavy atom. The van der Waals surface area contributed by atoms with Crippen molar-refractivity contribution in [3.05, 3.63) is 60.7 Å². The van der Waals surface area contributed by atoms with Crippen LogP contribution in [0.2, 0.25) is 0 Å². The molecule has 0 fully saturated rings. The summed E-state index contributed by atoms with van der Waals surface area (Å²) < 4.78 is 0. The van der Waals surface area contributed by atoms with Gasteiger partial charge >= 0.3 is 246 Å². The molecule has 0 aliphatic rings. The molecule has 0 heterocycles. The normalized spacial score (nSPS) is 12.7. The molecule has 2 aromatic carbocycles. The van der Waals surface area contributed by atoms with Crippen molar-refractivity contribution in [2.75, 3.05) is 12.3 Å². The average Bonchev–Trinajstić information content (AvgIpc) is 3.15. The van der Waals surface area contributed by atoms with Crippen LogP contribution in [0.25, 0.3) is 0 Å². The van der Waals surface area contributed by atoms with Crippen molar-refractivity contribution in [2.45, 2.75) is 219 Å². The molecule has 0 aliphatic carbocycles. The third-order valence-corrected chi connectivity index (χ3v) is 21.7. The summed E-state index contributed by atoms with van der Waals surface area (Å²) >= 11 is 4.73. The first-order valence-corrected chi connectivity index (χ1v) is 27.1. The Hall–Kier alpha value is -0.650. The van der Waals surface area contributed by atoms with Gasteiger partial charge in [0, 0.05) is 0 Å². The molecule has 0 aromatic heterocycles. The van der Waals surface area contributed by atoms with Crippen molar-refractivity contribution in [1.82, 2.24) is 0 Å². The van der Waals surface area contributed by atoms with E-state index in [0.29, 0.717) is 0 Å². The average molecular weight is 772 g/mol.